The Morgan fingerprint density at radius 2 is 1.72 bits per heavy atom. The quantitative estimate of drug-likeness (QED) is 0.505. The number of rotatable bonds is 3. The SMILES string of the molecule is ONC(=NCc1ccccc1)c1ccc(Cl)cc1. The summed E-state index contributed by atoms with van der Waals surface area (Å²) in [5.74, 6) is 0.426. The molecule has 0 aliphatic heterocycles. The summed E-state index contributed by atoms with van der Waals surface area (Å²) < 4.78 is 0. The number of nitrogens with one attached hydrogen (secondary N) is 1. The van der Waals surface area contributed by atoms with Crippen LogP contribution in [0.2, 0.25) is 5.02 Å². The molecule has 0 fully saturated rings. The average molecular weight is 261 g/mol. The largest absolute Gasteiger partial charge is 0.290 e. The predicted molar refractivity (Wildman–Crippen MR) is 73.1 cm³/mol. The van der Waals surface area contributed by atoms with Crippen molar-refractivity contribution in [2.24, 2.45) is 4.99 Å². The van der Waals surface area contributed by atoms with Gasteiger partial charge in [-0.15, -0.1) is 0 Å². The van der Waals surface area contributed by atoms with Crippen LogP contribution in [0.1, 0.15) is 11.1 Å². The molecule has 0 spiro atoms. The van der Waals surface area contributed by atoms with Crippen molar-refractivity contribution in [1.82, 2.24) is 5.48 Å². The number of aliphatic imine (C=N–C) groups is 1. The average Bonchev–Trinajstić information content (AvgIpc) is 2.42. The Kier molecular flexibility index (Phi) is 4.34. The maximum atomic E-state index is 9.11. The van der Waals surface area contributed by atoms with E-state index in [4.69, 9.17) is 16.8 Å². The third kappa shape index (κ3) is 3.32. The summed E-state index contributed by atoms with van der Waals surface area (Å²) in [5.41, 5.74) is 3.99. The van der Waals surface area contributed by atoms with Crippen LogP contribution in [0.15, 0.2) is 59.6 Å². The summed E-state index contributed by atoms with van der Waals surface area (Å²) in [6.45, 7) is 0.506. The lowest BCUT2D eigenvalue weighted by Crippen LogP contribution is -2.20. The Morgan fingerprint density at radius 1 is 1.06 bits per heavy atom. The number of hydroxylamine groups is 1. The van der Waals surface area contributed by atoms with Crippen molar-refractivity contribution in [2.75, 3.05) is 0 Å². The molecule has 2 rings (SSSR count). The van der Waals surface area contributed by atoms with E-state index in [1.54, 1.807) is 24.3 Å². The Balaban J connectivity index is 2.16. The minimum Gasteiger partial charge on any atom is -0.290 e. The Bertz CT molecular complexity index is 523. The van der Waals surface area contributed by atoms with E-state index in [1.807, 2.05) is 30.3 Å². The first-order valence-electron chi connectivity index (χ1n) is 5.54. The second-order valence-electron chi connectivity index (χ2n) is 3.77. The highest BCUT2D eigenvalue weighted by atomic mass is 35.5. The molecule has 4 heteroatoms. The second kappa shape index (κ2) is 6.19. The molecule has 2 aromatic rings. The highest BCUT2D eigenvalue weighted by molar-refractivity contribution is 6.30. The molecule has 0 aliphatic rings. The fourth-order valence-corrected chi connectivity index (χ4v) is 1.68. The van der Waals surface area contributed by atoms with Gasteiger partial charge in [-0.2, -0.15) is 0 Å². The van der Waals surface area contributed by atoms with Gasteiger partial charge in [0.05, 0.1) is 6.54 Å². The van der Waals surface area contributed by atoms with Crippen LogP contribution in [0.25, 0.3) is 0 Å². The van der Waals surface area contributed by atoms with E-state index in [-0.39, 0.29) is 0 Å². The summed E-state index contributed by atoms with van der Waals surface area (Å²) in [6, 6.07) is 17.0. The lowest BCUT2D eigenvalue weighted by atomic mass is 10.2. The van der Waals surface area contributed by atoms with Gasteiger partial charge in [-0.25, -0.2) is 0 Å². The van der Waals surface area contributed by atoms with Gasteiger partial charge in [0, 0.05) is 10.6 Å². The van der Waals surface area contributed by atoms with E-state index in [2.05, 4.69) is 10.5 Å². The highest BCUT2D eigenvalue weighted by Gasteiger charge is 2.01. The van der Waals surface area contributed by atoms with Crippen molar-refractivity contribution in [2.45, 2.75) is 6.54 Å². The van der Waals surface area contributed by atoms with E-state index >= 15 is 0 Å². The van der Waals surface area contributed by atoms with E-state index < -0.39 is 0 Å². The first-order valence-corrected chi connectivity index (χ1v) is 5.92. The molecular formula is C14H13ClN2O. The van der Waals surface area contributed by atoms with Crippen LogP contribution < -0.4 is 5.48 Å². The van der Waals surface area contributed by atoms with Crippen LogP contribution in [0.3, 0.4) is 0 Å². The topological polar surface area (TPSA) is 44.6 Å². The standard InChI is InChI=1S/C14H13ClN2O/c15-13-8-6-12(7-9-13)14(17-18)16-10-11-4-2-1-3-5-11/h1-9,18H,10H2,(H,16,17). The predicted octanol–water partition coefficient (Wildman–Crippen LogP) is 3.27. The zero-order valence-corrected chi connectivity index (χ0v) is 10.4. The van der Waals surface area contributed by atoms with Gasteiger partial charge in [-0.3, -0.25) is 15.7 Å². The van der Waals surface area contributed by atoms with Gasteiger partial charge in [-0.05, 0) is 29.8 Å². The fourth-order valence-electron chi connectivity index (χ4n) is 1.55. The van der Waals surface area contributed by atoms with Crippen LogP contribution >= 0.6 is 11.6 Å². The van der Waals surface area contributed by atoms with E-state index in [0.29, 0.717) is 17.4 Å². The number of halogens is 1. The minimum absolute atomic E-state index is 0.426. The third-order valence-electron chi connectivity index (χ3n) is 2.49. The van der Waals surface area contributed by atoms with Gasteiger partial charge in [-0.1, -0.05) is 41.9 Å². The molecule has 0 saturated heterocycles. The molecule has 0 heterocycles. The molecule has 0 atom stereocenters. The van der Waals surface area contributed by atoms with Crippen molar-refractivity contribution >= 4 is 17.4 Å². The molecule has 0 saturated carbocycles. The zero-order valence-electron chi connectivity index (χ0n) is 9.68. The van der Waals surface area contributed by atoms with E-state index in [0.717, 1.165) is 11.1 Å². The molecule has 0 aromatic heterocycles. The monoisotopic (exact) mass is 260 g/mol. The molecule has 92 valence electrons. The van der Waals surface area contributed by atoms with Crippen LogP contribution in [0.4, 0.5) is 0 Å². The number of amidine groups is 1. The zero-order chi connectivity index (χ0) is 12.8. The maximum Gasteiger partial charge on any atom is 0.152 e. The smallest absolute Gasteiger partial charge is 0.152 e. The summed E-state index contributed by atoms with van der Waals surface area (Å²) in [7, 11) is 0. The normalized spacial score (nSPS) is 11.3. The van der Waals surface area contributed by atoms with Crippen molar-refractivity contribution in [3.05, 3.63) is 70.7 Å². The molecular weight excluding hydrogens is 248 g/mol. The minimum atomic E-state index is 0.426. The number of hydrogen-bond acceptors (Lipinski definition) is 2. The number of hydrogen-bond donors (Lipinski definition) is 2. The molecule has 0 unspecified atom stereocenters. The number of nitrogens with zero attached hydrogens (tertiary/aromatic N) is 1. The molecule has 2 N–H and O–H groups in total. The van der Waals surface area contributed by atoms with Crippen LogP contribution in [-0.2, 0) is 6.54 Å². The molecule has 0 radical (unpaired) electrons. The van der Waals surface area contributed by atoms with Crippen LogP contribution in [-0.4, -0.2) is 11.0 Å². The molecule has 0 bridgehead atoms. The maximum absolute atomic E-state index is 9.11. The van der Waals surface area contributed by atoms with E-state index in [1.165, 1.54) is 0 Å². The van der Waals surface area contributed by atoms with Crippen molar-refractivity contribution < 1.29 is 5.21 Å². The van der Waals surface area contributed by atoms with Gasteiger partial charge < -0.3 is 0 Å². The first kappa shape index (κ1) is 12.6. The first-order chi connectivity index (χ1) is 8.79. The third-order valence-corrected chi connectivity index (χ3v) is 2.74. The van der Waals surface area contributed by atoms with Crippen molar-refractivity contribution in [3.63, 3.8) is 0 Å². The summed E-state index contributed by atoms with van der Waals surface area (Å²) in [6.07, 6.45) is 0. The van der Waals surface area contributed by atoms with E-state index in [9.17, 15) is 0 Å². The van der Waals surface area contributed by atoms with Crippen LogP contribution in [0.5, 0.6) is 0 Å². The molecule has 0 amide bonds. The van der Waals surface area contributed by atoms with Gasteiger partial charge in [0.2, 0.25) is 0 Å². The Morgan fingerprint density at radius 3 is 2.33 bits per heavy atom. The highest BCUT2D eigenvalue weighted by Crippen LogP contribution is 2.10. The number of benzene rings is 2. The van der Waals surface area contributed by atoms with Crippen molar-refractivity contribution in [3.8, 4) is 0 Å². The van der Waals surface area contributed by atoms with Crippen molar-refractivity contribution in [1.29, 1.82) is 0 Å². The summed E-state index contributed by atoms with van der Waals surface area (Å²) >= 11 is 5.81. The summed E-state index contributed by atoms with van der Waals surface area (Å²) in [4.78, 5) is 4.32. The fraction of sp³-hybridized carbons (Fsp3) is 0.0714. The van der Waals surface area contributed by atoms with Gasteiger partial charge in [0.1, 0.15) is 0 Å². The molecule has 2 aromatic carbocycles. The molecule has 18 heavy (non-hydrogen) atoms. The Hall–Kier alpha value is -1.84. The molecule has 0 aliphatic carbocycles. The lowest BCUT2D eigenvalue weighted by Gasteiger charge is -2.05. The lowest BCUT2D eigenvalue weighted by molar-refractivity contribution is 0.234. The van der Waals surface area contributed by atoms with Gasteiger partial charge >= 0.3 is 0 Å². The van der Waals surface area contributed by atoms with Gasteiger partial charge in [0.15, 0.2) is 5.84 Å². The Labute approximate surface area is 111 Å². The van der Waals surface area contributed by atoms with Gasteiger partial charge in [0.25, 0.3) is 0 Å². The summed E-state index contributed by atoms with van der Waals surface area (Å²) in [5, 5.41) is 9.76. The molecule has 3 nitrogen and oxygen atoms in total. The second-order valence-corrected chi connectivity index (χ2v) is 4.21. The van der Waals surface area contributed by atoms with Crippen LogP contribution in [0, 0.1) is 0 Å².